The Morgan fingerprint density at radius 1 is 1.13 bits per heavy atom. The molecule has 1 saturated heterocycles. The molecule has 8 heteroatoms. The number of nitrogens with zero attached hydrogens (tertiary/aromatic N) is 2. The van der Waals surface area contributed by atoms with Gasteiger partial charge in [-0.25, -0.2) is 12.8 Å². The van der Waals surface area contributed by atoms with Crippen LogP contribution in [0.1, 0.15) is 19.8 Å². The van der Waals surface area contributed by atoms with Gasteiger partial charge in [-0.3, -0.25) is 4.98 Å². The van der Waals surface area contributed by atoms with Gasteiger partial charge in [-0.2, -0.15) is 0 Å². The van der Waals surface area contributed by atoms with Crippen molar-refractivity contribution in [3.63, 3.8) is 0 Å². The van der Waals surface area contributed by atoms with Crippen molar-refractivity contribution in [2.75, 3.05) is 29.1 Å². The lowest BCUT2D eigenvalue weighted by Crippen LogP contribution is -2.39. The maximum atomic E-state index is 14.9. The monoisotopic (exact) mass is 447 g/mol. The Balaban J connectivity index is 1.42. The summed E-state index contributed by atoms with van der Waals surface area (Å²) in [6.07, 6.45) is 3.19. The fourth-order valence-corrected chi connectivity index (χ4v) is 4.89. The minimum Gasteiger partial charge on any atom is -0.380 e. The van der Waals surface area contributed by atoms with E-state index in [1.807, 2.05) is 12.1 Å². The van der Waals surface area contributed by atoms with E-state index in [0.717, 1.165) is 31.6 Å². The second-order valence-corrected chi connectivity index (χ2v) is 10.1. The molecule has 0 saturated carbocycles. The molecule has 30 heavy (non-hydrogen) atoms. The molecule has 1 aliphatic heterocycles. The molecule has 0 amide bonds. The topological polar surface area (TPSA) is 62.3 Å². The molecule has 0 radical (unpaired) electrons. The maximum Gasteiger partial charge on any atom is 0.178 e. The van der Waals surface area contributed by atoms with Crippen molar-refractivity contribution in [1.29, 1.82) is 0 Å². The van der Waals surface area contributed by atoms with Gasteiger partial charge in [0.15, 0.2) is 15.7 Å². The zero-order chi connectivity index (χ0) is 21.3. The smallest absolute Gasteiger partial charge is 0.178 e. The molecule has 3 aromatic rings. The molecule has 5 nitrogen and oxygen atoms in total. The van der Waals surface area contributed by atoms with Crippen LogP contribution < -0.4 is 10.2 Å². The van der Waals surface area contributed by atoms with Crippen molar-refractivity contribution >= 4 is 43.7 Å². The van der Waals surface area contributed by atoms with E-state index in [0.29, 0.717) is 21.0 Å². The predicted octanol–water partition coefficient (Wildman–Crippen LogP) is 4.90. The summed E-state index contributed by atoms with van der Waals surface area (Å²) in [6.45, 7) is 3.25. The lowest BCUT2D eigenvalue weighted by atomic mass is 10.0. The average molecular weight is 448 g/mol. The third-order valence-corrected chi connectivity index (χ3v) is 7.67. The highest BCUT2D eigenvalue weighted by molar-refractivity contribution is 7.91. The number of hydrogen-bond donors (Lipinski definition) is 1. The first-order chi connectivity index (χ1) is 14.4. The van der Waals surface area contributed by atoms with Gasteiger partial charge in [0.25, 0.3) is 0 Å². The Kier molecular flexibility index (Phi) is 5.84. The van der Waals surface area contributed by atoms with Crippen molar-refractivity contribution in [2.24, 2.45) is 0 Å². The largest absolute Gasteiger partial charge is 0.380 e. The number of piperidine rings is 1. The van der Waals surface area contributed by atoms with Gasteiger partial charge in [0.05, 0.1) is 21.4 Å². The summed E-state index contributed by atoms with van der Waals surface area (Å²) in [7, 11) is -3.19. The highest BCUT2D eigenvalue weighted by Crippen LogP contribution is 2.30. The number of rotatable bonds is 5. The van der Waals surface area contributed by atoms with Crippen molar-refractivity contribution in [2.45, 2.75) is 30.7 Å². The van der Waals surface area contributed by atoms with Crippen LogP contribution in [-0.4, -0.2) is 38.3 Å². The standard InChI is InChI=1S/C22H23ClFN3O2S/c1-2-30(28,29)17-5-3-16(4-6-17)27-13-10-15(11-14-27)26-20-8-7-18-19(23)9-12-25-22(18)21(20)24/h3-9,12,15,26H,2,10-11,13-14H2,1H3. The molecule has 0 aliphatic carbocycles. The number of anilines is 2. The van der Waals surface area contributed by atoms with Gasteiger partial charge in [0.1, 0.15) is 5.52 Å². The number of halogens is 2. The van der Waals surface area contributed by atoms with Crippen LogP contribution in [0.2, 0.25) is 5.02 Å². The van der Waals surface area contributed by atoms with Gasteiger partial charge in [0.2, 0.25) is 0 Å². The summed E-state index contributed by atoms with van der Waals surface area (Å²) in [5, 5.41) is 4.39. The van der Waals surface area contributed by atoms with Gasteiger partial charge < -0.3 is 10.2 Å². The molecule has 1 aliphatic rings. The van der Waals surface area contributed by atoms with Gasteiger partial charge in [-0.1, -0.05) is 18.5 Å². The van der Waals surface area contributed by atoms with Crippen molar-refractivity contribution in [3.8, 4) is 0 Å². The molecule has 1 N–H and O–H groups in total. The quantitative estimate of drug-likeness (QED) is 0.602. The Labute approximate surface area is 180 Å². The minimum atomic E-state index is -3.19. The normalized spacial score (nSPS) is 15.5. The second-order valence-electron chi connectivity index (χ2n) is 7.42. The van der Waals surface area contributed by atoms with Gasteiger partial charge in [0, 0.05) is 36.4 Å². The highest BCUT2D eigenvalue weighted by atomic mass is 35.5. The van der Waals surface area contributed by atoms with Crippen LogP contribution in [0.5, 0.6) is 0 Å². The van der Waals surface area contributed by atoms with Gasteiger partial charge >= 0.3 is 0 Å². The van der Waals surface area contributed by atoms with Crippen LogP contribution in [0, 0.1) is 5.82 Å². The molecule has 2 heterocycles. The number of benzene rings is 2. The van der Waals surface area contributed by atoms with Crippen LogP contribution in [0.4, 0.5) is 15.8 Å². The summed E-state index contributed by atoms with van der Waals surface area (Å²) < 4.78 is 38.8. The van der Waals surface area contributed by atoms with Crippen molar-refractivity contribution in [1.82, 2.24) is 4.98 Å². The van der Waals surface area contributed by atoms with Crippen LogP contribution in [0.15, 0.2) is 53.6 Å². The van der Waals surface area contributed by atoms with Crippen LogP contribution in [0.3, 0.4) is 0 Å². The first-order valence-corrected chi connectivity index (χ1v) is 12.0. The molecule has 0 atom stereocenters. The Morgan fingerprint density at radius 2 is 1.83 bits per heavy atom. The van der Waals surface area contributed by atoms with E-state index in [-0.39, 0.29) is 23.1 Å². The summed E-state index contributed by atoms with van der Waals surface area (Å²) in [4.78, 5) is 6.70. The fourth-order valence-electron chi connectivity index (χ4n) is 3.79. The van der Waals surface area contributed by atoms with E-state index in [1.54, 1.807) is 37.3 Å². The summed E-state index contributed by atoms with van der Waals surface area (Å²) in [6, 6.07) is 12.3. The molecule has 0 bridgehead atoms. The molecule has 1 fully saturated rings. The fraction of sp³-hybridized carbons (Fsp3) is 0.318. The number of aromatic nitrogens is 1. The van der Waals surface area contributed by atoms with E-state index in [9.17, 15) is 12.8 Å². The molecular formula is C22H23ClFN3O2S. The number of hydrogen-bond acceptors (Lipinski definition) is 5. The van der Waals surface area contributed by atoms with E-state index >= 15 is 0 Å². The van der Waals surface area contributed by atoms with Crippen LogP contribution in [0.25, 0.3) is 10.9 Å². The maximum absolute atomic E-state index is 14.9. The van der Waals surface area contributed by atoms with Gasteiger partial charge in [-0.15, -0.1) is 0 Å². The predicted molar refractivity (Wildman–Crippen MR) is 120 cm³/mol. The van der Waals surface area contributed by atoms with E-state index < -0.39 is 9.84 Å². The van der Waals surface area contributed by atoms with Crippen LogP contribution >= 0.6 is 11.6 Å². The number of nitrogens with one attached hydrogen (secondary N) is 1. The lowest BCUT2D eigenvalue weighted by molar-refractivity contribution is 0.523. The summed E-state index contributed by atoms with van der Waals surface area (Å²) in [5.74, 6) is -0.290. The first kappa shape index (κ1) is 20.9. The van der Waals surface area contributed by atoms with Crippen molar-refractivity contribution in [3.05, 3.63) is 59.5 Å². The number of pyridine rings is 1. The zero-order valence-corrected chi connectivity index (χ0v) is 18.2. The summed E-state index contributed by atoms with van der Waals surface area (Å²) in [5.41, 5.74) is 1.70. The lowest BCUT2D eigenvalue weighted by Gasteiger charge is -2.34. The minimum absolute atomic E-state index is 0.0937. The molecule has 0 spiro atoms. The molecule has 4 rings (SSSR count). The molecule has 158 valence electrons. The second kappa shape index (κ2) is 8.40. The zero-order valence-electron chi connectivity index (χ0n) is 16.6. The highest BCUT2D eigenvalue weighted by Gasteiger charge is 2.22. The molecule has 2 aromatic carbocycles. The molecule has 0 unspecified atom stereocenters. The molecular weight excluding hydrogens is 425 g/mol. The summed E-state index contributed by atoms with van der Waals surface area (Å²) >= 11 is 6.12. The number of sulfone groups is 1. The average Bonchev–Trinajstić information content (AvgIpc) is 2.77. The Bertz CT molecular complexity index is 1160. The third-order valence-electron chi connectivity index (χ3n) is 5.59. The Morgan fingerprint density at radius 3 is 2.50 bits per heavy atom. The first-order valence-electron chi connectivity index (χ1n) is 9.96. The third kappa shape index (κ3) is 4.09. The van der Waals surface area contributed by atoms with E-state index in [4.69, 9.17) is 11.6 Å². The van der Waals surface area contributed by atoms with Gasteiger partial charge in [-0.05, 0) is 55.3 Å². The number of fused-ring (bicyclic) bond motifs is 1. The van der Waals surface area contributed by atoms with E-state index in [2.05, 4.69) is 15.2 Å². The Hall–Kier alpha value is -2.38. The van der Waals surface area contributed by atoms with Crippen molar-refractivity contribution < 1.29 is 12.8 Å². The SMILES string of the molecule is CCS(=O)(=O)c1ccc(N2CCC(Nc3ccc4c(Cl)ccnc4c3F)CC2)cc1. The van der Waals surface area contributed by atoms with Crippen LogP contribution in [-0.2, 0) is 9.84 Å². The molecule has 1 aromatic heterocycles. The van der Waals surface area contributed by atoms with E-state index in [1.165, 1.54) is 6.20 Å².